The number of aliphatic carboxylic acids is 2. The van der Waals surface area contributed by atoms with Crippen LogP contribution in [0.25, 0.3) is 0 Å². The predicted octanol–water partition coefficient (Wildman–Crippen LogP) is -3.34. The molecule has 8 N–H and O–H groups in total. The summed E-state index contributed by atoms with van der Waals surface area (Å²) in [7, 11) is 0. The Kier molecular flexibility index (Phi) is 10.4. The van der Waals surface area contributed by atoms with Crippen LogP contribution in [0.4, 0.5) is 0 Å². The number of hydrogen-bond acceptors (Lipinski definition) is 8. The summed E-state index contributed by atoms with van der Waals surface area (Å²) in [6.07, 6.45) is -2.01. The number of carboxylic acids is 2. The van der Waals surface area contributed by atoms with Crippen LogP contribution in [0.15, 0.2) is 0 Å². The number of carbonyl (C=O) groups is 5. The first-order chi connectivity index (χ1) is 12.4. The van der Waals surface area contributed by atoms with Gasteiger partial charge in [-0.25, -0.2) is 4.79 Å². The standard InChI is InChI=1S/C14H24N4O8S/c1-5(16-12(23)7(15)3-9(20)21)11(22)18-10(6(2)19)13(24)17-8(4-27)14(25)26/h5-8,10,19,27H,3-4,15H2,1-2H3,(H,16,23)(H,17,24)(H,18,22)(H,20,21)(H,25,26). The molecule has 12 nitrogen and oxygen atoms in total. The molecule has 5 atom stereocenters. The van der Waals surface area contributed by atoms with Crippen molar-refractivity contribution >= 4 is 42.3 Å². The van der Waals surface area contributed by atoms with Gasteiger partial charge in [0.2, 0.25) is 17.7 Å². The summed E-state index contributed by atoms with van der Waals surface area (Å²) in [5, 5.41) is 33.7. The van der Waals surface area contributed by atoms with E-state index in [9.17, 15) is 29.1 Å². The molecule has 13 heteroatoms. The van der Waals surface area contributed by atoms with E-state index < -0.39 is 66.4 Å². The highest BCUT2D eigenvalue weighted by molar-refractivity contribution is 7.80. The van der Waals surface area contributed by atoms with Crippen molar-refractivity contribution in [2.75, 3.05) is 5.75 Å². The van der Waals surface area contributed by atoms with Gasteiger partial charge in [0.25, 0.3) is 0 Å². The quantitative estimate of drug-likeness (QED) is 0.160. The van der Waals surface area contributed by atoms with E-state index >= 15 is 0 Å². The second-order valence-electron chi connectivity index (χ2n) is 5.74. The first-order valence-electron chi connectivity index (χ1n) is 7.80. The van der Waals surface area contributed by atoms with E-state index in [-0.39, 0.29) is 5.75 Å². The average Bonchev–Trinajstić information content (AvgIpc) is 2.55. The molecule has 0 spiro atoms. The van der Waals surface area contributed by atoms with Crippen molar-refractivity contribution in [2.45, 2.75) is 50.5 Å². The number of nitrogens with one attached hydrogen (secondary N) is 3. The number of aliphatic hydroxyl groups is 1. The van der Waals surface area contributed by atoms with Crippen molar-refractivity contribution < 1.29 is 39.3 Å². The molecule has 0 fully saturated rings. The summed E-state index contributed by atoms with van der Waals surface area (Å²) in [4.78, 5) is 57.4. The summed E-state index contributed by atoms with van der Waals surface area (Å²) in [5.74, 6) is -5.57. The number of nitrogens with two attached hydrogens (primary N) is 1. The van der Waals surface area contributed by atoms with Crippen molar-refractivity contribution in [3.8, 4) is 0 Å². The van der Waals surface area contributed by atoms with Gasteiger partial charge in [-0.15, -0.1) is 0 Å². The Balaban J connectivity index is 4.92. The summed E-state index contributed by atoms with van der Waals surface area (Å²) < 4.78 is 0. The molecule has 0 saturated carbocycles. The largest absolute Gasteiger partial charge is 0.481 e. The molecule has 154 valence electrons. The minimum absolute atomic E-state index is 0.213. The van der Waals surface area contributed by atoms with Gasteiger partial charge in [0, 0.05) is 5.75 Å². The Hall–Kier alpha value is -2.38. The maximum Gasteiger partial charge on any atom is 0.327 e. The van der Waals surface area contributed by atoms with Crippen LogP contribution in [0.3, 0.4) is 0 Å². The molecule has 0 aliphatic carbocycles. The normalized spacial score (nSPS) is 16.2. The van der Waals surface area contributed by atoms with Crippen LogP contribution in [-0.2, 0) is 24.0 Å². The maximum absolute atomic E-state index is 12.1. The number of aliphatic hydroxyl groups excluding tert-OH is 1. The molecule has 0 aromatic heterocycles. The van der Waals surface area contributed by atoms with Crippen molar-refractivity contribution in [3.05, 3.63) is 0 Å². The van der Waals surface area contributed by atoms with E-state index in [1.165, 1.54) is 13.8 Å². The highest BCUT2D eigenvalue weighted by Crippen LogP contribution is 1.99. The number of thiol groups is 1. The molecule has 0 aromatic carbocycles. The molecule has 0 rings (SSSR count). The molecule has 0 aromatic rings. The SMILES string of the molecule is CC(NC(=O)C(N)CC(=O)O)C(=O)NC(C(=O)NC(CS)C(=O)O)C(C)O. The lowest BCUT2D eigenvalue weighted by atomic mass is 10.1. The third-order valence-electron chi connectivity index (χ3n) is 3.34. The van der Waals surface area contributed by atoms with Gasteiger partial charge in [-0.05, 0) is 13.8 Å². The Morgan fingerprint density at radius 1 is 0.963 bits per heavy atom. The molecular formula is C14H24N4O8S. The van der Waals surface area contributed by atoms with E-state index in [2.05, 4.69) is 28.6 Å². The van der Waals surface area contributed by atoms with Crippen LogP contribution in [0.5, 0.6) is 0 Å². The molecule has 5 unspecified atom stereocenters. The fraction of sp³-hybridized carbons (Fsp3) is 0.643. The first kappa shape index (κ1) is 24.6. The number of amides is 3. The molecule has 0 aliphatic rings. The van der Waals surface area contributed by atoms with Gasteiger partial charge in [-0.2, -0.15) is 12.6 Å². The molecule has 0 bridgehead atoms. The summed E-state index contributed by atoms with van der Waals surface area (Å²) in [6.45, 7) is 2.46. The lowest BCUT2D eigenvalue weighted by Crippen LogP contribution is -2.59. The maximum atomic E-state index is 12.1. The van der Waals surface area contributed by atoms with Crippen LogP contribution < -0.4 is 21.7 Å². The molecule has 0 aliphatic heterocycles. The average molecular weight is 408 g/mol. The molecule has 27 heavy (non-hydrogen) atoms. The van der Waals surface area contributed by atoms with Gasteiger partial charge < -0.3 is 37.0 Å². The Bertz CT molecular complexity index is 585. The lowest BCUT2D eigenvalue weighted by Gasteiger charge is -2.24. The van der Waals surface area contributed by atoms with E-state index in [1.54, 1.807) is 0 Å². The fourth-order valence-electron chi connectivity index (χ4n) is 1.80. The van der Waals surface area contributed by atoms with Crippen molar-refractivity contribution in [1.82, 2.24) is 16.0 Å². The third-order valence-corrected chi connectivity index (χ3v) is 3.71. The summed E-state index contributed by atoms with van der Waals surface area (Å²) >= 11 is 3.79. The van der Waals surface area contributed by atoms with Crippen LogP contribution >= 0.6 is 12.6 Å². The number of rotatable bonds is 11. The zero-order chi connectivity index (χ0) is 21.3. The summed E-state index contributed by atoms with van der Waals surface area (Å²) in [5.41, 5.74) is 5.37. The Morgan fingerprint density at radius 2 is 1.52 bits per heavy atom. The Labute approximate surface area is 160 Å². The van der Waals surface area contributed by atoms with Gasteiger partial charge >= 0.3 is 11.9 Å². The van der Waals surface area contributed by atoms with Crippen LogP contribution in [0.2, 0.25) is 0 Å². The van der Waals surface area contributed by atoms with Crippen molar-refractivity contribution in [1.29, 1.82) is 0 Å². The second-order valence-corrected chi connectivity index (χ2v) is 6.11. The van der Waals surface area contributed by atoms with E-state index in [0.717, 1.165) is 0 Å². The molecule has 0 saturated heterocycles. The number of carboxylic acid groups (broad SMARTS) is 2. The topological polar surface area (TPSA) is 208 Å². The number of carbonyl (C=O) groups excluding carboxylic acids is 3. The highest BCUT2D eigenvalue weighted by atomic mass is 32.1. The predicted molar refractivity (Wildman–Crippen MR) is 94.9 cm³/mol. The van der Waals surface area contributed by atoms with Gasteiger partial charge in [-0.1, -0.05) is 0 Å². The van der Waals surface area contributed by atoms with E-state index in [0.29, 0.717) is 0 Å². The highest BCUT2D eigenvalue weighted by Gasteiger charge is 2.31. The van der Waals surface area contributed by atoms with E-state index in [1.807, 2.05) is 0 Å². The molecule has 0 radical (unpaired) electrons. The van der Waals surface area contributed by atoms with Crippen LogP contribution in [0, 0.1) is 0 Å². The van der Waals surface area contributed by atoms with Gasteiger partial charge in [-0.3, -0.25) is 19.2 Å². The minimum Gasteiger partial charge on any atom is -0.481 e. The molecular weight excluding hydrogens is 384 g/mol. The zero-order valence-corrected chi connectivity index (χ0v) is 15.6. The minimum atomic E-state index is -1.49. The monoisotopic (exact) mass is 408 g/mol. The molecule has 0 heterocycles. The first-order valence-corrected chi connectivity index (χ1v) is 8.44. The van der Waals surface area contributed by atoms with Crippen molar-refractivity contribution in [2.24, 2.45) is 5.73 Å². The zero-order valence-electron chi connectivity index (χ0n) is 14.7. The fourth-order valence-corrected chi connectivity index (χ4v) is 2.04. The summed E-state index contributed by atoms with van der Waals surface area (Å²) in [6, 6.07) is -5.40. The van der Waals surface area contributed by atoms with Crippen LogP contribution in [0.1, 0.15) is 20.3 Å². The third kappa shape index (κ3) is 8.70. The second kappa shape index (κ2) is 11.4. The van der Waals surface area contributed by atoms with Gasteiger partial charge in [0.05, 0.1) is 18.6 Å². The van der Waals surface area contributed by atoms with Crippen molar-refractivity contribution in [3.63, 3.8) is 0 Å². The molecule has 3 amide bonds. The van der Waals surface area contributed by atoms with Gasteiger partial charge in [0.15, 0.2) is 0 Å². The lowest BCUT2D eigenvalue weighted by molar-refractivity contribution is -0.142. The van der Waals surface area contributed by atoms with Crippen LogP contribution in [-0.4, -0.2) is 81.0 Å². The smallest absolute Gasteiger partial charge is 0.327 e. The van der Waals surface area contributed by atoms with Gasteiger partial charge in [0.1, 0.15) is 18.1 Å². The number of hydrogen-bond donors (Lipinski definition) is 8. The Morgan fingerprint density at radius 3 is 1.93 bits per heavy atom. The van der Waals surface area contributed by atoms with E-state index in [4.69, 9.17) is 15.9 Å².